The maximum atomic E-state index is 12.5. The molecule has 1 amide bonds. The van der Waals surface area contributed by atoms with Crippen LogP contribution in [0.1, 0.15) is 10.4 Å². The molecule has 0 bridgehead atoms. The minimum atomic E-state index is -3.06. The van der Waals surface area contributed by atoms with Crippen LogP contribution in [0.3, 0.4) is 0 Å². The van der Waals surface area contributed by atoms with Crippen molar-refractivity contribution in [2.75, 3.05) is 5.32 Å². The smallest absolute Gasteiger partial charge is 0.387 e. The molecule has 3 rings (SSSR count). The molecule has 0 unspecified atom stereocenters. The fourth-order valence-electron chi connectivity index (χ4n) is 2.39. The SMILES string of the molecule is O=C(Nc1ccccc1OC(F)F)c1ccc(-n2ccnc2)c([N+](=O)[O-])c1. The second-order valence-corrected chi connectivity index (χ2v) is 5.26. The number of para-hydroxylation sites is 2. The predicted octanol–water partition coefficient (Wildman–Crippen LogP) is 3.63. The molecule has 8 nitrogen and oxygen atoms in total. The van der Waals surface area contributed by atoms with E-state index in [0.29, 0.717) is 0 Å². The lowest BCUT2D eigenvalue weighted by Gasteiger charge is -2.12. The Bertz CT molecular complexity index is 977. The molecule has 138 valence electrons. The van der Waals surface area contributed by atoms with Crippen molar-refractivity contribution in [2.45, 2.75) is 6.61 Å². The van der Waals surface area contributed by atoms with Gasteiger partial charge in [-0.05, 0) is 24.3 Å². The van der Waals surface area contributed by atoms with Crippen LogP contribution in [0, 0.1) is 10.1 Å². The van der Waals surface area contributed by atoms with Crippen LogP contribution < -0.4 is 10.1 Å². The van der Waals surface area contributed by atoms with Crippen molar-refractivity contribution in [2.24, 2.45) is 0 Å². The molecule has 3 aromatic rings. The van der Waals surface area contributed by atoms with Gasteiger partial charge in [-0.3, -0.25) is 14.9 Å². The summed E-state index contributed by atoms with van der Waals surface area (Å²) in [6.07, 6.45) is 4.38. The van der Waals surface area contributed by atoms with E-state index in [4.69, 9.17) is 0 Å². The van der Waals surface area contributed by atoms with Gasteiger partial charge < -0.3 is 14.6 Å². The number of carbonyl (C=O) groups is 1. The highest BCUT2D eigenvalue weighted by Crippen LogP contribution is 2.28. The first-order chi connectivity index (χ1) is 13.0. The van der Waals surface area contributed by atoms with E-state index in [1.54, 1.807) is 0 Å². The number of anilines is 1. The number of amides is 1. The number of carbonyl (C=O) groups excluding carboxylic acids is 1. The summed E-state index contributed by atoms with van der Waals surface area (Å²) in [6, 6.07) is 9.53. The van der Waals surface area contributed by atoms with Crippen LogP contribution in [0.15, 0.2) is 61.2 Å². The summed E-state index contributed by atoms with van der Waals surface area (Å²) in [6.45, 7) is -3.06. The number of alkyl halides is 2. The number of nitro groups is 1. The monoisotopic (exact) mass is 374 g/mol. The number of aromatic nitrogens is 2. The van der Waals surface area contributed by atoms with Crippen molar-refractivity contribution in [3.63, 3.8) is 0 Å². The van der Waals surface area contributed by atoms with Crippen molar-refractivity contribution < 1.29 is 23.2 Å². The number of benzene rings is 2. The molecule has 0 saturated heterocycles. The number of imidazole rings is 1. The van der Waals surface area contributed by atoms with E-state index in [9.17, 15) is 23.7 Å². The third-order valence-corrected chi connectivity index (χ3v) is 3.57. The lowest BCUT2D eigenvalue weighted by molar-refractivity contribution is -0.384. The normalized spacial score (nSPS) is 10.6. The van der Waals surface area contributed by atoms with Crippen molar-refractivity contribution in [3.05, 3.63) is 76.9 Å². The van der Waals surface area contributed by atoms with Crippen LogP contribution in [0.2, 0.25) is 0 Å². The van der Waals surface area contributed by atoms with Gasteiger partial charge in [-0.15, -0.1) is 0 Å². The van der Waals surface area contributed by atoms with Gasteiger partial charge in [-0.2, -0.15) is 8.78 Å². The van der Waals surface area contributed by atoms with Gasteiger partial charge >= 0.3 is 6.61 Å². The van der Waals surface area contributed by atoms with Crippen LogP contribution in [-0.2, 0) is 0 Å². The first-order valence-electron chi connectivity index (χ1n) is 7.57. The molecule has 10 heteroatoms. The van der Waals surface area contributed by atoms with Crippen LogP contribution in [0.25, 0.3) is 5.69 Å². The number of nitro benzene ring substituents is 1. The van der Waals surface area contributed by atoms with Gasteiger partial charge in [0.1, 0.15) is 11.4 Å². The number of nitrogens with zero attached hydrogens (tertiary/aromatic N) is 3. The van der Waals surface area contributed by atoms with E-state index in [-0.39, 0.29) is 28.4 Å². The summed E-state index contributed by atoms with van der Waals surface area (Å²) in [4.78, 5) is 27.0. The van der Waals surface area contributed by atoms with Crippen molar-refractivity contribution in [1.29, 1.82) is 0 Å². The van der Waals surface area contributed by atoms with E-state index >= 15 is 0 Å². The van der Waals surface area contributed by atoms with Gasteiger partial charge in [0.2, 0.25) is 0 Å². The first kappa shape index (κ1) is 18.0. The molecule has 27 heavy (non-hydrogen) atoms. The van der Waals surface area contributed by atoms with E-state index < -0.39 is 17.4 Å². The molecule has 0 spiro atoms. The number of rotatable bonds is 6. The largest absolute Gasteiger partial charge is 0.433 e. The Kier molecular flexibility index (Phi) is 5.06. The van der Waals surface area contributed by atoms with E-state index in [1.807, 2.05) is 0 Å². The Labute approximate surface area is 151 Å². The second-order valence-electron chi connectivity index (χ2n) is 5.26. The minimum Gasteiger partial charge on any atom is -0.433 e. The molecule has 0 aliphatic heterocycles. The number of nitrogens with one attached hydrogen (secondary N) is 1. The van der Waals surface area contributed by atoms with Crippen LogP contribution in [0.5, 0.6) is 5.75 Å². The van der Waals surface area contributed by atoms with Gasteiger partial charge in [-0.25, -0.2) is 4.98 Å². The third kappa shape index (κ3) is 4.06. The Morgan fingerprint density at radius 2 is 2.04 bits per heavy atom. The Hall–Kier alpha value is -3.82. The molecule has 1 N–H and O–H groups in total. The molecule has 0 atom stereocenters. The Morgan fingerprint density at radius 1 is 1.26 bits per heavy atom. The summed E-state index contributed by atoms with van der Waals surface area (Å²) in [5.41, 5.74) is -0.0743. The Balaban J connectivity index is 1.90. The molecule has 0 aliphatic rings. The highest BCUT2D eigenvalue weighted by atomic mass is 19.3. The zero-order chi connectivity index (χ0) is 19.4. The zero-order valence-electron chi connectivity index (χ0n) is 13.6. The van der Waals surface area contributed by atoms with E-state index in [1.165, 1.54) is 59.7 Å². The number of hydrogen-bond acceptors (Lipinski definition) is 5. The highest BCUT2D eigenvalue weighted by molar-refractivity contribution is 6.05. The topological polar surface area (TPSA) is 99.3 Å². The quantitative estimate of drug-likeness (QED) is 0.525. The van der Waals surface area contributed by atoms with Gasteiger partial charge in [0.25, 0.3) is 11.6 Å². The summed E-state index contributed by atoms with van der Waals surface area (Å²) >= 11 is 0. The Morgan fingerprint density at radius 3 is 2.70 bits per heavy atom. The summed E-state index contributed by atoms with van der Waals surface area (Å²) in [5, 5.41) is 13.8. The first-order valence-corrected chi connectivity index (χ1v) is 7.57. The van der Waals surface area contributed by atoms with E-state index in [2.05, 4.69) is 15.0 Å². The molecular weight excluding hydrogens is 362 g/mol. The van der Waals surface area contributed by atoms with Crippen molar-refractivity contribution >= 4 is 17.3 Å². The van der Waals surface area contributed by atoms with Crippen molar-refractivity contribution in [1.82, 2.24) is 9.55 Å². The molecule has 1 aromatic heterocycles. The molecular formula is C17H12F2N4O4. The minimum absolute atomic E-state index is 0.0163. The molecule has 2 aromatic carbocycles. The highest BCUT2D eigenvalue weighted by Gasteiger charge is 2.20. The average molecular weight is 374 g/mol. The number of ether oxygens (including phenoxy) is 1. The third-order valence-electron chi connectivity index (χ3n) is 3.57. The molecule has 0 fully saturated rings. The molecule has 0 radical (unpaired) electrons. The number of hydrogen-bond donors (Lipinski definition) is 1. The molecule has 1 heterocycles. The summed E-state index contributed by atoms with van der Waals surface area (Å²) in [7, 11) is 0. The van der Waals surface area contributed by atoms with E-state index in [0.717, 1.165) is 6.07 Å². The molecule has 0 aliphatic carbocycles. The fraction of sp³-hybridized carbons (Fsp3) is 0.0588. The van der Waals surface area contributed by atoms with Gasteiger partial charge in [-0.1, -0.05) is 12.1 Å². The van der Waals surface area contributed by atoms with Gasteiger partial charge in [0.05, 0.1) is 16.9 Å². The summed E-state index contributed by atoms with van der Waals surface area (Å²) < 4.78 is 30.7. The standard InChI is InChI=1S/C17H12F2N4O4/c18-17(19)27-15-4-2-1-3-12(15)21-16(24)11-5-6-13(14(9-11)23(25)26)22-8-7-20-10-22/h1-10,17H,(H,21,24). The number of halogens is 2. The van der Waals surface area contributed by atoms with Crippen LogP contribution in [0.4, 0.5) is 20.2 Å². The maximum Gasteiger partial charge on any atom is 0.387 e. The van der Waals surface area contributed by atoms with Crippen molar-refractivity contribution in [3.8, 4) is 11.4 Å². The lowest BCUT2D eigenvalue weighted by atomic mass is 10.1. The lowest BCUT2D eigenvalue weighted by Crippen LogP contribution is -2.14. The van der Waals surface area contributed by atoms with Gasteiger partial charge in [0, 0.05) is 24.0 Å². The fourth-order valence-corrected chi connectivity index (χ4v) is 2.39. The second kappa shape index (κ2) is 7.60. The van der Waals surface area contributed by atoms with Crippen LogP contribution >= 0.6 is 0 Å². The molecule has 0 saturated carbocycles. The zero-order valence-corrected chi connectivity index (χ0v) is 13.6. The van der Waals surface area contributed by atoms with Gasteiger partial charge in [0.15, 0.2) is 0 Å². The van der Waals surface area contributed by atoms with Crippen LogP contribution in [-0.4, -0.2) is 27.0 Å². The predicted molar refractivity (Wildman–Crippen MR) is 91.2 cm³/mol. The maximum absolute atomic E-state index is 12.5. The average Bonchev–Trinajstić information content (AvgIpc) is 3.17. The summed E-state index contributed by atoms with van der Waals surface area (Å²) in [5.74, 6) is -0.925.